The van der Waals surface area contributed by atoms with Crippen molar-refractivity contribution in [1.82, 2.24) is 14.5 Å². The van der Waals surface area contributed by atoms with Gasteiger partial charge in [0.25, 0.3) is 0 Å². The van der Waals surface area contributed by atoms with Crippen molar-refractivity contribution < 1.29 is 0 Å². The summed E-state index contributed by atoms with van der Waals surface area (Å²) in [7, 11) is 4.30. The van der Waals surface area contributed by atoms with Gasteiger partial charge in [-0.2, -0.15) is 0 Å². The molecule has 0 amide bonds. The fourth-order valence-corrected chi connectivity index (χ4v) is 2.66. The third-order valence-corrected chi connectivity index (χ3v) is 3.77. The summed E-state index contributed by atoms with van der Waals surface area (Å²) in [5.41, 5.74) is 2.30. The van der Waals surface area contributed by atoms with Crippen LogP contribution in [0.25, 0.3) is 11.0 Å². The lowest BCUT2D eigenvalue weighted by Gasteiger charge is -2.21. The van der Waals surface area contributed by atoms with Gasteiger partial charge in [0, 0.05) is 26.7 Å². The first kappa shape index (κ1) is 11.5. The van der Waals surface area contributed by atoms with Crippen molar-refractivity contribution in [3.63, 3.8) is 0 Å². The van der Waals surface area contributed by atoms with Crippen LogP contribution in [0.5, 0.6) is 0 Å². The Bertz CT molecular complexity index is 546. The monoisotopic (exact) mass is 244 g/mol. The summed E-state index contributed by atoms with van der Waals surface area (Å²) in [5, 5.41) is 0. The fourth-order valence-electron chi connectivity index (χ4n) is 2.66. The van der Waals surface area contributed by atoms with Crippen LogP contribution in [0.3, 0.4) is 0 Å². The van der Waals surface area contributed by atoms with E-state index >= 15 is 0 Å². The van der Waals surface area contributed by atoms with E-state index in [9.17, 15) is 0 Å². The highest BCUT2D eigenvalue weighted by Gasteiger charge is 2.17. The number of aromatic nitrogens is 2. The summed E-state index contributed by atoms with van der Waals surface area (Å²) in [6.07, 6.45) is 1.21. The van der Waals surface area contributed by atoms with Gasteiger partial charge in [-0.3, -0.25) is 0 Å². The first-order valence-electron chi connectivity index (χ1n) is 6.60. The second-order valence-corrected chi connectivity index (χ2v) is 5.10. The molecule has 0 unspecified atom stereocenters. The summed E-state index contributed by atoms with van der Waals surface area (Å²) in [4.78, 5) is 9.57. The lowest BCUT2D eigenvalue weighted by atomic mass is 10.3. The van der Waals surface area contributed by atoms with E-state index in [0.29, 0.717) is 0 Å². The third kappa shape index (κ3) is 1.97. The number of nitrogens with zero attached hydrogens (tertiary/aromatic N) is 4. The van der Waals surface area contributed by atoms with E-state index in [-0.39, 0.29) is 0 Å². The molecule has 4 nitrogen and oxygen atoms in total. The summed E-state index contributed by atoms with van der Waals surface area (Å²) in [6, 6.07) is 8.35. The molecule has 0 N–H and O–H groups in total. The number of aryl methyl sites for hydroxylation is 1. The summed E-state index contributed by atoms with van der Waals surface area (Å²) >= 11 is 0. The normalized spacial score (nSPS) is 18.2. The molecule has 18 heavy (non-hydrogen) atoms. The molecule has 1 saturated heterocycles. The SMILES string of the molecule is CN1CCCN(c2nc3ccccc3n2C)CC1. The quantitative estimate of drug-likeness (QED) is 0.763. The van der Waals surface area contributed by atoms with Gasteiger partial charge in [-0.25, -0.2) is 4.98 Å². The molecule has 4 heteroatoms. The van der Waals surface area contributed by atoms with Gasteiger partial charge >= 0.3 is 0 Å². The van der Waals surface area contributed by atoms with Gasteiger partial charge in [-0.1, -0.05) is 12.1 Å². The molecule has 1 fully saturated rings. The Labute approximate surface area is 108 Å². The molecule has 3 rings (SSSR count). The highest BCUT2D eigenvalue weighted by atomic mass is 15.3. The predicted molar refractivity (Wildman–Crippen MR) is 75.0 cm³/mol. The number of imidazole rings is 1. The van der Waals surface area contributed by atoms with Crippen LogP contribution in [0.15, 0.2) is 24.3 Å². The molecular formula is C14H20N4. The van der Waals surface area contributed by atoms with Crippen LogP contribution in [0, 0.1) is 0 Å². The number of para-hydroxylation sites is 2. The maximum atomic E-state index is 4.77. The average molecular weight is 244 g/mol. The van der Waals surface area contributed by atoms with Gasteiger partial charge in [0.2, 0.25) is 5.95 Å². The number of likely N-dealkylation sites (N-methyl/N-ethyl adjacent to an activating group) is 1. The van der Waals surface area contributed by atoms with Gasteiger partial charge in [-0.15, -0.1) is 0 Å². The molecule has 1 aromatic carbocycles. The molecular weight excluding hydrogens is 224 g/mol. The van der Waals surface area contributed by atoms with E-state index in [0.717, 1.165) is 31.1 Å². The van der Waals surface area contributed by atoms with E-state index in [1.807, 2.05) is 0 Å². The van der Waals surface area contributed by atoms with Crippen LogP contribution in [0.4, 0.5) is 5.95 Å². The number of benzene rings is 1. The predicted octanol–water partition coefficient (Wildman–Crippen LogP) is 1.72. The first-order chi connectivity index (χ1) is 8.75. The van der Waals surface area contributed by atoms with Crippen LogP contribution in [0.2, 0.25) is 0 Å². The molecule has 0 bridgehead atoms. The molecule has 0 spiro atoms. The van der Waals surface area contributed by atoms with E-state index < -0.39 is 0 Å². The minimum absolute atomic E-state index is 1.06. The van der Waals surface area contributed by atoms with E-state index in [2.05, 4.69) is 52.7 Å². The van der Waals surface area contributed by atoms with E-state index in [1.54, 1.807) is 0 Å². The molecule has 1 aromatic heterocycles. The van der Waals surface area contributed by atoms with Crippen molar-refractivity contribution in [1.29, 1.82) is 0 Å². The maximum absolute atomic E-state index is 4.77. The second kappa shape index (κ2) is 4.61. The maximum Gasteiger partial charge on any atom is 0.206 e. The van der Waals surface area contributed by atoms with Crippen LogP contribution in [-0.2, 0) is 7.05 Å². The standard InChI is InChI=1S/C14H20N4/c1-16-8-5-9-18(11-10-16)14-15-12-6-3-4-7-13(12)17(14)2/h3-4,6-7H,5,8-11H2,1-2H3. The van der Waals surface area contributed by atoms with E-state index in [4.69, 9.17) is 4.98 Å². The Morgan fingerprint density at radius 2 is 1.83 bits per heavy atom. The molecule has 2 aromatic rings. The molecule has 2 heterocycles. The van der Waals surface area contributed by atoms with E-state index in [1.165, 1.54) is 18.5 Å². The fraction of sp³-hybridized carbons (Fsp3) is 0.500. The minimum atomic E-state index is 1.06. The van der Waals surface area contributed by atoms with Crippen LogP contribution in [0.1, 0.15) is 6.42 Å². The van der Waals surface area contributed by atoms with Crippen molar-refractivity contribution in [2.45, 2.75) is 6.42 Å². The Morgan fingerprint density at radius 1 is 1.00 bits per heavy atom. The van der Waals surface area contributed by atoms with Gasteiger partial charge in [0.05, 0.1) is 11.0 Å². The number of anilines is 1. The zero-order chi connectivity index (χ0) is 12.5. The van der Waals surface area contributed by atoms with Crippen LogP contribution >= 0.6 is 0 Å². The molecule has 1 aliphatic rings. The molecule has 0 atom stereocenters. The topological polar surface area (TPSA) is 24.3 Å². The van der Waals surface area contributed by atoms with Gasteiger partial charge in [-0.05, 0) is 32.1 Å². The molecule has 1 aliphatic heterocycles. The van der Waals surface area contributed by atoms with Crippen LogP contribution in [-0.4, -0.2) is 47.7 Å². The van der Waals surface area contributed by atoms with Gasteiger partial charge in [0.1, 0.15) is 0 Å². The zero-order valence-electron chi connectivity index (χ0n) is 11.1. The van der Waals surface area contributed by atoms with Crippen molar-refractivity contribution in [2.75, 3.05) is 38.1 Å². The smallest absolute Gasteiger partial charge is 0.206 e. The van der Waals surface area contributed by atoms with Crippen LogP contribution < -0.4 is 4.90 Å². The number of hydrogen-bond acceptors (Lipinski definition) is 3. The Hall–Kier alpha value is -1.55. The average Bonchev–Trinajstić information content (AvgIpc) is 2.57. The van der Waals surface area contributed by atoms with Crippen molar-refractivity contribution >= 4 is 17.0 Å². The number of rotatable bonds is 1. The van der Waals surface area contributed by atoms with Gasteiger partial charge in [0.15, 0.2) is 0 Å². The highest BCUT2D eigenvalue weighted by molar-refractivity contribution is 5.78. The highest BCUT2D eigenvalue weighted by Crippen LogP contribution is 2.21. The Balaban J connectivity index is 1.96. The molecule has 96 valence electrons. The summed E-state index contributed by atoms with van der Waals surface area (Å²) in [5.74, 6) is 1.10. The molecule has 0 radical (unpaired) electrons. The second-order valence-electron chi connectivity index (χ2n) is 5.10. The summed E-state index contributed by atoms with van der Waals surface area (Å²) < 4.78 is 2.21. The first-order valence-corrected chi connectivity index (χ1v) is 6.60. The minimum Gasteiger partial charge on any atom is -0.341 e. The van der Waals surface area contributed by atoms with Crippen molar-refractivity contribution in [2.24, 2.45) is 7.05 Å². The lowest BCUT2D eigenvalue weighted by molar-refractivity contribution is 0.360. The zero-order valence-corrected chi connectivity index (χ0v) is 11.1. The molecule has 0 aliphatic carbocycles. The Morgan fingerprint density at radius 3 is 2.67 bits per heavy atom. The number of fused-ring (bicyclic) bond motifs is 1. The van der Waals surface area contributed by atoms with Gasteiger partial charge < -0.3 is 14.4 Å². The van der Waals surface area contributed by atoms with Crippen molar-refractivity contribution in [3.05, 3.63) is 24.3 Å². The lowest BCUT2D eigenvalue weighted by Crippen LogP contribution is -2.30. The largest absolute Gasteiger partial charge is 0.341 e. The Kier molecular flexibility index (Phi) is 2.96. The molecule has 0 saturated carbocycles. The number of hydrogen-bond donors (Lipinski definition) is 0. The summed E-state index contributed by atoms with van der Waals surface area (Å²) in [6.45, 7) is 4.46. The third-order valence-electron chi connectivity index (χ3n) is 3.77. The van der Waals surface area contributed by atoms with Crippen molar-refractivity contribution in [3.8, 4) is 0 Å².